The van der Waals surface area contributed by atoms with Crippen LogP contribution >= 0.6 is 15.9 Å². The average Bonchev–Trinajstić information content (AvgIpc) is 2.30. The van der Waals surface area contributed by atoms with Crippen molar-refractivity contribution in [3.05, 3.63) is 22.2 Å². The third kappa shape index (κ3) is 3.85. The lowest BCUT2D eigenvalue weighted by Crippen LogP contribution is -2.44. The van der Waals surface area contributed by atoms with Gasteiger partial charge in [0, 0.05) is 4.47 Å². The monoisotopic (exact) mass is 358 g/mol. The second-order valence-corrected chi connectivity index (χ2v) is 11.9. The maximum Gasteiger partial charge on any atom is 0.250 e. The largest absolute Gasteiger partial charge is 0.541 e. The van der Waals surface area contributed by atoms with Gasteiger partial charge in [-0.15, -0.1) is 0 Å². The molecule has 0 fully saturated rings. The zero-order valence-electron chi connectivity index (χ0n) is 13.0. The Balaban J connectivity index is 3.32. The lowest BCUT2D eigenvalue weighted by atomic mass is 10.2. The molecule has 0 unspecified atom stereocenters. The molecule has 1 rings (SSSR count). The highest BCUT2D eigenvalue weighted by molar-refractivity contribution is 9.10. The first-order chi connectivity index (χ1) is 9.12. The predicted octanol–water partition coefficient (Wildman–Crippen LogP) is 5.04. The first-order valence-electron chi connectivity index (χ1n) is 6.73. The maximum atomic E-state index is 11.3. The van der Waals surface area contributed by atoms with Crippen LogP contribution in [0.4, 0.5) is 0 Å². The fourth-order valence-electron chi connectivity index (χ4n) is 1.46. The van der Waals surface area contributed by atoms with Gasteiger partial charge in [-0.2, -0.15) is 0 Å². The number of hydrogen-bond acceptors (Lipinski definition) is 3. The fraction of sp³-hybridized carbons (Fsp3) is 0.533. The van der Waals surface area contributed by atoms with Gasteiger partial charge in [-0.05, 0) is 37.2 Å². The minimum absolute atomic E-state index is 0.0592. The summed E-state index contributed by atoms with van der Waals surface area (Å²) in [5.74, 6) is 1.19. The van der Waals surface area contributed by atoms with Crippen molar-refractivity contribution in [3.63, 3.8) is 0 Å². The zero-order valence-corrected chi connectivity index (χ0v) is 15.6. The molecule has 0 spiro atoms. The Morgan fingerprint density at radius 1 is 1.30 bits per heavy atom. The van der Waals surface area contributed by atoms with Gasteiger partial charge >= 0.3 is 0 Å². The lowest BCUT2D eigenvalue weighted by molar-refractivity contribution is 0.112. The number of halogens is 1. The van der Waals surface area contributed by atoms with Crippen molar-refractivity contribution in [1.29, 1.82) is 0 Å². The summed E-state index contributed by atoms with van der Waals surface area (Å²) in [4.78, 5) is 11.3. The Morgan fingerprint density at radius 3 is 2.35 bits per heavy atom. The minimum Gasteiger partial charge on any atom is -0.541 e. The first-order valence-corrected chi connectivity index (χ1v) is 10.4. The molecule has 0 heterocycles. The van der Waals surface area contributed by atoms with E-state index in [1.807, 2.05) is 13.0 Å². The SMILES string of the molecule is CCOc1cc(Br)cc(C=O)c1O[Si](C)(C)C(C)(C)C. The first kappa shape index (κ1) is 17.2. The number of benzene rings is 1. The highest BCUT2D eigenvalue weighted by Gasteiger charge is 2.40. The highest BCUT2D eigenvalue weighted by Crippen LogP contribution is 2.42. The van der Waals surface area contributed by atoms with E-state index in [0.717, 1.165) is 10.8 Å². The summed E-state index contributed by atoms with van der Waals surface area (Å²) >= 11 is 3.39. The average molecular weight is 359 g/mol. The molecular formula is C15H23BrO3Si. The number of carbonyl (C=O) groups is 1. The van der Waals surface area contributed by atoms with Crippen LogP contribution in [0, 0.1) is 0 Å². The Bertz CT molecular complexity index is 493. The summed E-state index contributed by atoms with van der Waals surface area (Å²) in [5, 5.41) is 0.0592. The summed E-state index contributed by atoms with van der Waals surface area (Å²) in [6.45, 7) is 13.2. The molecule has 112 valence electrons. The highest BCUT2D eigenvalue weighted by atomic mass is 79.9. The second-order valence-electron chi connectivity index (χ2n) is 6.24. The van der Waals surface area contributed by atoms with Crippen LogP contribution in [0.1, 0.15) is 38.1 Å². The summed E-state index contributed by atoms with van der Waals surface area (Å²) in [7, 11) is -2.03. The number of carbonyl (C=O) groups excluding carboxylic acids is 1. The van der Waals surface area contributed by atoms with Gasteiger partial charge in [0.05, 0.1) is 12.2 Å². The molecule has 0 aliphatic carbocycles. The van der Waals surface area contributed by atoms with Crippen LogP contribution in [-0.4, -0.2) is 21.2 Å². The molecule has 0 saturated heterocycles. The van der Waals surface area contributed by atoms with Crippen molar-refractivity contribution in [1.82, 2.24) is 0 Å². The normalized spacial score (nSPS) is 12.2. The Labute approximate surface area is 130 Å². The number of aldehydes is 1. The molecule has 0 aliphatic heterocycles. The molecule has 0 N–H and O–H groups in total. The molecule has 0 saturated carbocycles. The number of hydrogen-bond donors (Lipinski definition) is 0. The van der Waals surface area contributed by atoms with Gasteiger partial charge in [-0.1, -0.05) is 36.7 Å². The van der Waals surface area contributed by atoms with Crippen LogP contribution in [0.15, 0.2) is 16.6 Å². The van der Waals surface area contributed by atoms with Gasteiger partial charge < -0.3 is 9.16 Å². The third-order valence-corrected chi connectivity index (χ3v) is 8.42. The van der Waals surface area contributed by atoms with E-state index in [1.165, 1.54) is 0 Å². The van der Waals surface area contributed by atoms with Crippen LogP contribution in [-0.2, 0) is 0 Å². The minimum atomic E-state index is -2.03. The Kier molecular flexibility index (Phi) is 5.44. The van der Waals surface area contributed by atoms with E-state index in [2.05, 4.69) is 49.8 Å². The van der Waals surface area contributed by atoms with E-state index in [9.17, 15) is 4.79 Å². The van der Waals surface area contributed by atoms with Crippen LogP contribution in [0.5, 0.6) is 11.5 Å². The maximum absolute atomic E-state index is 11.3. The predicted molar refractivity (Wildman–Crippen MR) is 88.5 cm³/mol. The Morgan fingerprint density at radius 2 is 1.90 bits per heavy atom. The van der Waals surface area contributed by atoms with Gasteiger partial charge in [0.1, 0.15) is 0 Å². The molecule has 3 nitrogen and oxygen atoms in total. The van der Waals surface area contributed by atoms with E-state index in [-0.39, 0.29) is 5.04 Å². The van der Waals surface area contributed by atoms with Crippen molar-refractivity contribution in [2.24, 2.45) is 0 Å². The van der Waals surface area contributed by atoms with Gasteiger partial charge in [0.15, 0.2) is 17.8 Å². The van der Waals surface area contributed by atoms with Gasteiger partial charge in [-0.25, -0.2) is 0 Å². The van der Waals surface area contributed by atoms with Crippen molar-refractivity contribution >= 4 is 30.5 Å². The van der Waals surface area contributed by atoms with E-state index in [1.54, 1.807) is 6.07 Å². The second kappa shape index (κ2) is 6.31. The molecule has 1 aromatic rings. The molecule has 0 amide bonds. The lowest BCUT2D eigenvalue weighted by Gasteiger charge is -2.37. The summed E-state index contributed by atoms with van der Waals surface area (Å²) < 4.78 is 12.7. The van der Waals surface area contributed by atoms with E-state index < -0.39 is 8.32 Å². The van der Waals surface area contributed by atoms with Crippen LogP contribution in [0.2, 0.25) is 18.1 Å². The third-order valence-electron chi connectivity index (χ3n) is 3.64. The molecule has 0 radical (unpaired) electrons. The standard InChI is InChI=1S/C15H23BrO3Si/c1-7-18-13-9-12(16)8-11(10-17)14(13)19-20(5,6)15(2,3)4/h8-10H,7H2,1-6H3. The van der Waals surface area contributed by atoms with Gasteiger partial charge in [-0.3, -0.25) is 4.79 Å². The molecule has 5 heteroatoms. The topological polar surface area (TPSA) is 35.5 Å². The van der Waals surface area contributed by atoms with Crippen molar-refractivity contribution < 1.29 is 14.0 Å². The van der Waals surface area contributed by atoms with Gasteiger partial charge in [0.2, 0.25) is 0 Å². The van der Waals surface area contributed by atoms with E-state index in [4.69, 9.17) is 9.16 Å². The molecule has 0 atom stereocenters. The van der Waals surface area contributed by atoms with Crippen LogP contribution < -0.4 is 9.16 Å². The van der Waals surface area contributed by atoms with Crippen LogP contribution in [0.25, 0.3) is 0 Å². The van der Waals surface area contributed by atoms with E-state index in [0.29, 0.717) is 23.7 Å². The summed E-state index contributed by atoms with van der Waals surface area (Å²) in [6.07, 6.45) is 0.815. The smallest absolute Gasteiger partial charge is 0.250 e. The summed E-state index contributed by atoms with van der Waals surface area (Å²) in [5.41, 5.74) is 0.521. The number of ether oxygens (including phenoxy) is 1. The van der Waals surface area contributed by atoms with E-state index >= 15 is 0 Å². The van der Waals surface area contributed by atoms with Crippen LogP contribution in [0.3, 0.4) is 0 Å². The quantitative estimate of drug-likeness (QED) is 0.545. The Hall–Kier alpha value is -0.813. The van der Waals surface area contributed by atoms with Gasteiger partial charge in [0.25, 0.3) is 8.32 Å². The molecule has 0 aromatic heterocycles. The van der Waals surface area contributed by atoms with Crippen molar-refractivity contribution in [3.8, 4) is 11.5 Å². The molecule has 20 heavy (non-hydrogen) atoms. The summed E-state index contributed by atoms with van der Waals surface area (Å²) in [6, 6.07) is 3.61. The molecule has 0 aliphatic rings. The zero-order chi connectivity index (χ0) is 15.6. The number of rotatable bonds is 5. The van der Waals surface area contributed by atoms with Crippen molar-refractivity contribution in [2.45, 2.75) is 45.8 Å². The molecule has 0 bridgehead atoms. The fourth-order valence-corrected chi connectivity index (χ4v) is 2.95. The van der Waals surface area contributed by atoms with Crippen molar-refractivity contribution in [2.75, 3.05) is 6.61 Å². The molecular weight excluding hydrogens is 336 g/mol. The molecule has 1 aromatic carbocycles.